The average Bonchev–Trinajstić information content (AvgIpc) is 2.66. The largest absolute Gasteiger partial charge is 0.272 e. The van der Waals surface area contributed by atoms with Crippen LogP contribution in [-0.2, 0) is 23.2 Å². The number of hydrogen-bond acceptors (Lipinski definition) is 1. The van der Waals surface area contributed by atoms with Crippen LogP contribution >= 0.6 is 11.6 Å². The molecule has 29 heavy (non-hydrogen) atoms. The molecular weight excluding hydrogens is 399 g/mol. The monoisotopic (exact) mass is 414 g/mol. The van der Waals surface area contributed by atoms with Crippen molar-refractivity contribution in [3.8, 4) is 11.1 Å². The van der Waals surface area contributed by atoms with Crippen LogP contribution in [0.5, 0.6) is 0 Å². The van der Waals surface area contributed by atoms with Crippen LogP contribution in [0.1, 0.15) is 23.6 Å². The smallest absolute Gasteiger partial charge is 0.252 e. The van der Waals surface area contributed by atoms with Crippen LogP contribution in [-0.4, -0.2) is 5.91 Å². The molecule has 0 aliphatic carbocycles. The summed E-state index contributed by atoms with van der Waals surface area (Å²) in [5.41, 5.74) is 2.36. The Labute approximate surface area is 171 Å². The maximum absolute atomic E-state index is 13.7. The first-order valence-electron chi connectivity index (χ1n) is 9.02. The fourth-order valence-corrected chi connectivity index (χ4v) is 4.00. The average molecular weight is 415 g/mol. The lowest BCUT2D eigenvalue weighted by Gasteiger charge is -2.34. The van der Waals surface area contributed by atoms with E-state index in [1.807, 2.05) is 18.2 Å². The lowest BCUT2D eigenvalue weighted by molar-refractivity contribution is -0.127. The van der Waals surface area contributed by atoms with Gasteiger partial charge in [-0.3, -0.25) is 4.79 Å². The molecule has 0 aromatic heterocycles. The molecule has 0 saturated carbocycles. The van der Waals surface area contributed by atoms with Crippen LogP contribution in [0.3, 0.4) is 0 Å². The molecule has 1 amide bonds. The molecule has 1 radical (unpaired) electrons. The van der Waals surface area contributed by atoms with Gasteiger partial charge in [-0.05, 0) is 71.5 Å². The maximum atomic E-state index is 13.7. The van der Waals surface area contributed by atoms with Crippen LogP contribution in [0.2, 0.25) is 5.02 Å². The predicted octanol–water partition coefficient (Wildman–Crippen LogP) is 5.57. The maximum Gasteiger partial charge on any atom is 0.252 e. The Hall–Kier alpha value is -2.79. The molecule has 1 atom stereocenters. The number of amides is 1. The summed E-state index contributed by atoms with van der Waals surface area (Å²) in [4.78, 5) is 12.8. The van der Waals surface area contributed by atoms with E-state index in [-0.39, 0.29) is 23.9 Å². The van der Waals surface area contributed by atoms with Crippen LogP contribution in [0.25, 0.3) is 11.1 Å². The first kappa shape index (κ1) is 19.5. The lowest BCUT2D eigenvalue weighted by atomic mass is 9.72. The van der Waals surface area contributed by atoms with Gasteiger partial charge in [0.2, 0.25) is 0 Å². The van der Waals surface area contributed by atoms with Crippen molar-refractivity contribution in [1.82, 2.24) is 5.32 Å². The molecule has 3 aromatic carbocycles. The van der Waals surface area contributed by atoms with E-state index in [9.17, 15) is 18.0 Å². The zero-order valence-electron chi connectivity index (χ0n) is 15.5. The minimum absolute atomic E-state index is 0.00398. The molecule has 3 aromatic rings. The van der Waals surface area contributed by atoms with Gasteiger partial charge in [-0.25, -0.2) is 18.5 Å². The molecular formula is C23H16ClF3NO. The van der Waals surface area contributed by atoms with Crippen LogP contribution in [0, 0.1) is 17.5 Å². The molecule has 0 fully saturated rings. The van der Waals surface area contributed by atoms with Crippen molar-refractivity contribution in [3.05, 3.63) is 93.8 Å². The molecule has 6 heteroatoms. The number of nitrogens with zero attached hydrogens (tertiary/aromatic N) is 1. The van der Waals surface area contributed by atoms with Crippen molar-refractivity contribution in [2.75, 3.05) is 0 Å². The SMILES string of the molecule is CC1(Cc2cc(F)cc(F)c2)C(=O)[N]Cc2ccc(-c3ccc(F)c(Cl)c3)cc21. The summed E-state index contributed by atoms with van der Waals surface area (Å²) in [7, 11) is 0. The summed E-state index contributed by atoms with van der Waals surface area (Å²) >= 11 is 5.91. The number of carbonyl (C=O) groups is 1. The fraction of sp³-hybridized carbons (Fsp3) is 0.174. The highest BCUT2D eigenvalue weighted by Gasteiger charge is 2.41. The highest BCUT2D eigenvalue weighted by atomic mass is 35.5. The Morgan fingerprint density at radius 3 is 2.31 bits per heavy atom. The minimum atomic E-state index is -1.08. The normalized spacial score (nSPS) is 18.3. The Kier molecular flexibility index (Phi) is 4.87. The van der Waals surface area contributed by atoms with Crippen molar-refractivity contribution in [2.24, 2.45) is 0 Å². The van der Waals surface area contributed by atoms with Crippen LogP contribution in [0.4, 0.5) is 13.2 Å². The van der Waals surface area contributed by atoms with E-state index in [4.69, 9.17) is 11.6 Å². The summed E-state index contributed by atoms with van der Waals surface area (Å²) in [6.07, 6.45) is 0.102. The van der Waals surface area contributed by atoms with Gasteiger partial charge in [0.05, 0.1) is 17.0 Å². The molecule has 4 rings (SSSR count). The summed E-state index contributed by atoms with van der Waals surface area (Å²) < 4.78 is 40.8. The predicted molar refractivity (Wildman–Crippen MR) is 105 cm³/mol. The second-order valence-corrected chi connectivity index (χ2v) is 7.82. The van der Waals surface area contributed by atoms with Gasteiger partial charge >= 0.3 is 0 Å². The quantitative estimate of drug-likeness (QED) is 0.551. The number of hydrogen-bond donors (Lipinski definition) is 0. The van der Waals surface area contributed by atoms with Crippen molar-refractivity contribution in [3.63, 3.8) is 0 Å². The number of fused-ring (bicyclic) bond motifs is 1. The summed E-state index contributed by atoms with van der Waals surface area (Å²) in [6.45, 7) is 1.97. The molecule has 0 N–H and O–H groups in total. The molecule has 1 heterocycles. The van der Waals surface area contributed by atoms with Gasteiger partial charge in [-0.1, -0.05) is 29.8 Å². The van der Waals surface area contributed by atoms with Gasteiger partial charge in [0.25, 0.3) is 5.91 Å². The first-order chi connectivity index (χ1) is 13.8. The van der Waals surface area contributed by atoms with Crippen LogP contribution < -0.4 is 5.32 Å². The molecule has 1 aliphatic rings. The number of rotatable bonds is 3. The Bertz CT molecular complexity index is 1110. The zero-order valence-corrected chi connectivity index (χ0v) is 16.2. The van der Waals surface area contributed by atoms with Crippen molar-refractivity contribution in [1.29, 1.82) is 0 Å². The Balaban J connectivity index is 1.81. The zero-order chi connectivity index (χ0) is 20.8. The number of benzene rings is 3. The molecule has 2 nitrogen and oxygen atoms in total. The second kappa shape index (κ2) is 7.23. The first-order valence-corrected chi connectivity index (χ1v) is 9.40. The van der Waals surface area contributed by atoms with Gasteiger partial charge in [0.15, 0.2) is 0 Å². The fourth-order valence-electron chi connectivity index (χ4n) is 3.82. The van der Waals surface area contributed by atoms with Gasteiger partial charge in [0, 0.05) is 6.07 Å². The van der Waals surface area contributed by atoms with Gasteiger partial charge in [0.1, 0.15) is 17.5 Å². The highest BCUT2D eigenvalue weighted by molar-refractivity contribution is 6.31. The van der Waals surface area contributed by atoms with E-state index in [2.05, 4.69) is 5.32 Å². The number of halogens is 4. The highest BCUT2D eigenvalue weighted by Crippen LogP contribution is 2.38. The molecule has 0 bridgehead atoms. The third kappa shape index (κ3) is 3.62. The standard InChI is InChI=1S/C23H16ClF3NO/c1-23(11-13-6-17(25)10-18(26)7-13)19-8-14(2-3-16(19)12-28-22(23)29)15-4-5-21(27)20(24)9-15/h2-10H,11-12H2,1H3. The van der Waals surface area contributed by atoms with E-state index < -0.39 is 22.9 Å². The number of carbonyl (C=O) groups excluding carboxylic acids is 1. The van der Waals surface area contributed by atoms with Gasteiger partial charge in [-0.2, -0.15) is 0 Å². The third-order valence-electron chi connectivity index (χ3n) is 5.30. The van der Waals surface area contributed by atoms with E-state index in [0.29, 0.717) is 11.1 Å². The molecule has 0 spiro atoms. The summed E-state index contributed by atoms with van der Waals surface area (Å²) in [5, 5.41) is 4.10. The van der Waals surface area contributed by atoms with Crippen molar-refractivity contribution in [2.45, 2.75) is 25.3 Å². The molecule has 0 saturated heterocycles. The van der Waals surface area contributed by atoms with Gasteiger partial charge < -0.3 is 0 Å². The van der Waals surface area contributed by atoms with E-state index in [1.54, 1.807) is 13.0 Å². The topological polar surface area (TPSA) is 31.2 Å². The second-order valence-electron chi connectivity index (χ2n) is 7.41. The summed E-state index contributed by atoms with van der Waals surface area (Å²) in [6, 6.07) is 13.2. The molecule has 1 unspecified atom stereocenters. The Morgan fingerprint density at radius 1 is 0.966 bits per heavy atom. The molecule has 1 aliphatic heterocycles. The van der Waals surface area contributed by atoms with Gasteiger partial charge in [-0.15, -0.1) is 0 Å². The summed E-state index contributed by atoms with van der Waals surface area (Å²) in [5.74, 6) is -2.25. The Morgan fingerprint density at radius 2 is 1.62 bits per heavy atom. The lowest BCUT2D eigenvalue weighted by Crippen LogP contribution is -2.45. The molecule has 147 valence electrons. The minimum Gasteiger partial charge on any atom is -0.272 e. The van der Waals surface area contributed by atoms with E-state index in [0.717, 1.165) is 22.8 Å². The third-order valence-corrected chi connectivity index (χ3v) is 5.59. The van der Waals surface area contributed by atoms with E-state index >= 15 is 0 Å². The van der Waals surface area contributed by atoms with E-state index in [1.165, 1.54) is 24.3 Å². The van der Waals surface area contributed by atoms with Crippen molar-refractivity contribution >= 4 is 17.5 Å². The van der Waals surface area contributed by atoms with Crippen LogP contribution in [0.15, 0.2) is 54.6 Å². The van der Waals surface area contributed by atoms with Crippen molar-refractivity contribution < 1.29 is 18.0 Å².